The lowest BCUT2D eigenvalue weighted by atomic mass is 9.99. The second-order valence-electron chi connectivity index (χ2n) is 14.3. The molecule has 4 aromatic rings. The molecule has 0 saturated carbocycles. The van der Waals surface area contributed by atoms with Crippen LogP contribution in [0.15, 0.2) is 121 Å². The van der Waals surface area contributed by atoms with E-state index in [1.165, 1.54) is 0 Å². The molecule has 0 radical (unpaired) electrons. The Hall–Kier alpha value is -2.93. The first kappa shape index (κ1) is 34.4. The van der Waals surface area contributed by atoms with Crippen molar-refractivity contribution in [2.75, 3.05) is 6.61 Å². The van der Waals surface area contributed by atoms with Crippen molar-refractivity contribution in [1.82, 2.24) is 0 Å². The summed E-state index contributed by atoms with van der Waals surface area (Å²) in [6.07, 6.45) is -6.44. The number of aliphatic hydroxyl groups is 3. The van der Waals surface area contributed by atoms with Crippen LogP contribution in [-0.2, 0) is 13.6 Å². The maximum atomic E-state index is 11.7. The van der Waals surface area contributed by atoms with Gasteiger partial charge in [0.05, 0.1) is 6.61 Å². The fourth-order valence-electron chi connectivity index (χ4n) is 7.06. The highest BCUT2D eigenvalue weighted by Gasteiger charge is 2.57. The van der Waals surface area contributed by atoms with Crippen LogP contribution < -0.4 is 20.7 Å². The van der Waals surface area contributed by atoms with Gasteiger partial charge in [0.2, 0.25) is 0 Å². The van der Waals surface area contributed by atoms with Gasteiger partial charge in [-0.15, -0.1) is 0 Å². The molecule has 46 heavy (non-hydrogen) atoms. The van der Waals surface area contributed by atoms with Gasteiger partial charge < -0.3 is 28.9 Å². The molecule has 1 heterocycles. The van der Waals surface area contributed by atoms with Crippen molar-refractivity contribution in [3.05, 3.63) is 121 Å². The second kappa shape index (κ2) is 13.7. The summed E-state index contributed by atoms with van der Waals surface area (Å²) in [4.78, 5) is 0. The van der Waals surface area contributed by atoms with Gasteiger partial charge in [0, 0.05) is 0 Å². The lowest BCUT2D eigenvalue weighted by molar-refractivity contribution is -0.282. The van der Waals surface area contributed by atoms with Crippen molar-refractivity contribution in [3.8, 4) is 0 Å². The van der Waals surface area contributed by atoms with Gasteiger partial charge in [-0.3, -0.25) is 0 Å². The highest BCUT2D eigenvalue weighted by molar-refractivity contribution is 7.00. The maximum absolute atomic E-state index is 11.7. The fourth-order valence-corrected chi connectivity index (χ4v) is 16.3. The zero-order chi connectivity index (χ0) is 33.2. The Balaban J connectivity index is 1.63. The Morgan fingerprint density at radius 1 is 0.543 bits per heavy atom. The van der Waals surface area contributed by atoms with Crippen molar-refractivity contribution in [2.24, 2.45) is 0 Å². The van der Waals surface area contributed by atoms with E-state index < -0.39 is 47.3 Å². The normalized spacial score (nSPS) is 22.8. The third-order valence-electron chi connectivity index (χ3n) is 9.27. The van der Waals surface area contributed by atoms with Gasteiger partial charge in [0.15, 0.2) is 6.29 Å². The topological polar surface area (TPSA) is 88.4 Å². The third-order valence-corrected chi connectivity index (χ3v) is 19.3. The Morgan fingerprint density at radius 2 is 0.891 bits per heavy atom. The molecule has 0 aliphatic carbocycles. The minimum Gasteiger partial charge on any atom is -0.405 e. The Labute approximate surface area is 275 Å². The van der Waals surface area contributed by atoms with Gasteiger partial charge in [0.1, 0.15) is 24.4 Å². The summed E-state index contributed by atoms with van der Waals surface area (Å²) in [7, 11) is -6.19. The number of rotatable bonds is 9. The minimum atomic E-state index is -3.19. The van der Waals surface area contributed by atoms with E-state index in [4.69, 9.17) is 13.6 Å². The SMILES string of the molecule is CC(C)(C)[Si](OC[C@H]1O[C@H](O)[C@H](O)[C@@H](O)[C@H]1O[Si](c1ccccc1)(c1ccccc1)C(C)(C)C)(c1ccccc1)c1ccccc1. The van der Waals surface area contributed by atoms with Crippen molar-refractivity contribution in [1.29, 1.82) is 0 Å². The summed E-state index contributed by atoms with van der Waals surface area (Å²) in [6.45, 7) is 13.1. The highest BCUT2D eigenvalue weighted by Crippen LogP contribution is 2.41. The molecule has 3 N–H and O–H groups in total. The predicted octanol–water partition coefficient (Wildman–Crippen LogP) is 3.95. The highest BCUT2D eigenvalue weighted by atomic mass is 28.4. The summed E-state index contributed by atoms with van der Waals surface area (Å²) in [5.74, 6) is 0. The van der Waals surface area contributed by atoms with Crippen LogP contribution in [0.25, 0.3) is 0 Å². The molecule has 4 aromatic carbocycles. The van der Waals surface area contributed by atoms with E-state index in [1.807, 2.05) is 72.8 Å². The lowest BCUT2D eigenvalue weighted by Crippen LogP contribution is -2.72. The van der Waals surface area contributed by atoms with Crippen molar-refractivity contribution in [3.63, 3.8) is 0 Å². The quantitative estimate of drug-likeness (QED) is 0.237. The van der Waals surface area contributed by atoms with Crippen molar-refractivity contribution < 1.29 is 28.9 Å². The van der Waals surface area contributed by atoms with Crippen LogP contribution in [0.4, 0.5) is 0 Å². The molecule has 1 aliphatic heterocycles. The molecular formula is C38H48O6Si2. The molecule has 5 atom stereocenters. The number of ether oxygens (including phenoxy) is 1. The third kappa shape index (κ3) is 6.33. The maximum Gasteiger partial charge on any atom is 0.261 e. The summed E-state index contributed by atoms with van der Waals surface area (Å²) in [5, 5.41) is 37.1. The monoisotopic (exact) mass is 656 g/mol. The molecule has 0 aromatic heterocycles. The molecular weight excluding hydrogens is 609 g/mol. The molecule has 8 heteroatoms. The van der Waals surface area contributed by atoms with E-state index in [1.54, 1.807) is 0 Å². The van der Waals surface area contributed by atoms with E-state index >= 15 is 0 Å². The van der Waals surface area contributed by atoms with Gasteiger partial charge in [-0.1, -0.05) is 163 Å². The molecule has 1 saturated heterocycles. The number of hydrogen-bond acceptors (Lipinski definition) is 6. The Morgan fingerprint density at radius 3 is 1.24 bits per heavy atom. The molecule has 1 fully saturated rings. The summed E-state index contributed by atoms with van der Waals surface area (Å²) in [5.41, 5.74) is 0. The molecule has 1 aliphatic rings. The molecule has 0 spiro atoms. The summed E-state index contributed by atoms with van der Waals surface area (Å²) >= 11 is 0. The van der Waals surface area contributed by atoms with Crippen LogP contribution in [0.5, 0.6) is 0 Å². The van der Waals surface area contributed by atoms with E-state index in [9.17, 15) is 15.3 Å². The van der Waals surface area contributed by atoms with Crippen LogP contribution in [0.1, 0.15) is 41.5 Å². The van der Waals surface area contributed by atoms with Gasteiger partial charge >= 0.3 is 0 Å². The molecule has 0 unspecified atom stereocenters. The lowest BCUT2D eigenvalue weighted by Gasteiger charge is -2.50. The average Bonchev–Trinajstić information content (AvgIpc) is 3.04. The molecule has 0 bridgehead atoms. The van der Waals surface area contributed by atoms with E-state index in [2.05, 4.69) is 90.1 Å². The van der Waals surface area contributed by atoms with Crippen LogP contribution in [0.2, 0.25) is 10.1 Å². The van der Waals surface area contributed by atoms with Gasteiger partial charge in [-0.25, -0.2) is 0 Å². The largest absolute Gasteiger partial charge is 0.405 e. The van der Waals surface area contributed by atoms with Gasteiger partial charge in [0.25, 0.3) is 16.6 Å². The van der Waals surface area contributed by atoms with Crippen LogP contribution in [0, 0.1) is 0 Å². The first-order valence-electron chi connectivity index (χ1n) is 16.1. The van der Waals surface area contributed by atoms with Crippen LogP contribution in [0.3, 0.4) is 0 Å². The van der Waals surface area contributed by atoms with E-state index in [0.717, 1.165) is 20.7 Å². The zero-order valence-electron chi connectivity index (χ0n) is 27.7. The number of benzene rings is 4. The Kier molecular flexibility index (Phi) is 10.2. The van der Waals surface area contributed by atoms with Crippen LogP contribution in [-0.4, -0.2) is 69.3 Å². The first-order chi connectivity index (χ1) is 21.8. The van der Waals surface area contributed by atoms with E-state index in [-0.39, 0.29) is 16.7 Å². The second-order valence-corrected chi connectivity index (χ2v) is 22.8. The van der Waals surface area contributed by atoms with Crippen molar-refractivity contribution in [2.45, 2.75) is 82.3 Å². The molecule has 244 valence electrons. The minimum absolute atomic E-state index is 0.0387. The molecule has 6 nitrogen and oxygen atoms in total. The van der Waals surface area contributed by atoms with Gasteiger partial charge in [-0.05, 0) is 30.8 Å². The predicted molar refractivity (Wildman–Crippen MR) is 189 cm³/mol. The molecule has 0 amide bonds. The Bertz CT molecular complexity index is 1440. The van der Waals surface area contributed by atoms with Crippen molar-refractivity contribution >= 4 is 37.4 Å². The van der Waals surface area contributed by atoms with E-state index in [0.29, 0.717) is 0 Å². The summed E-state index contributed by atoms with van der Waals surface area (Å²) in [6, 6.07) is 40.9. The zero-order valence-corrected chi connectivity index (χ0v) is 29.7. The standard InChI is InChI=1S/C38H48O6Si2/c1-37(2,3)45(28-19-11-7-12-20-28,29-21-13-8-14-22-29)42-27-32-35(33(39)34(40)36(41)43-32)44-46(38(4,5)6,30-23-15-9-16-24-30)31-25-17-10-18-26-31/h7-26,32-36,39-41H,27H2,1-6H3/t32-,33-,34-,35+,36+/m1/s1. The fraction of sp³-hybridized carbons (Fsp3) is 0.368. The number of aliphatic hydroxyl groups excluding tert-OH is 3. The average molecular weight is 657 g/mol. The summed E-state index contributed by atoms with van der Waals surface area (Å²) < 4.78 is 20.7. The first-order valence-corrected chi connectivity index (χ1v) is 19.9. The molecule has 5 rings (SSSR count). The van der Waals surface area contributed by atoms with Gasteiger partial charge in [-0.2, -0.15) is 0 Å². The smallest absolute Gasteiger partial charge is 0.261 e. The number of hydrogen-bond donors (Lipinski definition) is 3. The van der Waals surface area contributed by atoms with Crippen LogP contribution >= 0.6 is 0 Å².